The molecule has 358 valence electrons. The van der Waals surface area contributed by atoms with E-state index in [1.54, 1.807) is 20.8 Å². The van der Waals surface area contributed by atoms with Gasteiger partial charge in [-0.15, -0.1) is 0 Å². The van der Waals surface area contributed by atoms with Crippen molar-refractivity contribution in [1.29, 1.82) is 0 Å². The first-order chi connectivity index (χ1) is 29.5. The van der Waals surface area contributed by atoms with Gasteiger partial charge in [-0.1, -0.05) is 126 Å². The highest BCUT2D eigenvalue weighted by Crippen LogP contribution is 2.54. The van der Waals surface area contributed by atoms with Crippen molar-refractivity contribution in [2.45, 2.75) is 137 Å². The van der Waals surface area contributed by atoms with Gasteiger partial charge in [0.25, 0.3) is 0 Å². The summed E-state index contributed by atoms with van der Waals surface area (Å²) in [5.74, 6) is -9.62. The molecular formula is C49H68F5NO8S. The van der Waals surface area contributed by atoms with Crippen molar-refractivity contribution in [3.05, 3.63) is 96.1 Å². The van der Waals surface area contributed by atoms with E-state index >= 15 is 0 Å². The summed E-state index contributed by atoms with van der Waals surface area (Å²) < 4.78 is 103. The Hall–Kier alpha value is -4.18. The fraction of sp³-hybridized carbons (Fsp3) is 0.551. The number of aliphatic hydroxyl groups is 1. The van der Waals surface area contributed by atoms with Gasteiger partial charge < -0.3 is 19.3 Å². The Bertz CT molecular complexity index is 2240. The van der Waals surface area contributed by atoms with Crippen molar-refractivity contribution < 1.29 is 59.3 Å². The van der Waals surface area contributed by atoms with Crippen LogP contribution in [0, 0.1) is 10.8 Å². The largest absolute Gasteiger partial charge is 0.464 e. The molecule has 64 heavy (non-hydrogen) atoms. The molecule has 1 heterocycles. The number of carbonyl (C=O) groups is 2. The van der Waals surface area contributed by atoms with E-state index in [1.807, 2.05) is 6.92 Å². The molecular weight excluding hydrogens is 858 g/mol. The van der Waals surface area contributed by atoms with E-state index in [1.165, 1.54) is 59.4 Å². The SMILES string of the molecule is CCC(C)(C)C(=O)OC1(C)COC(O)(C(F)(F)F)C1(F)F.CCC(C)(C)C(=O)OCCNS(C)(=O)=O.CCC(C)c1ccc2ccccc2c1.CCC(C)c1cccc2ccccc12. The lowest BCUT2D eigenvalue weighted by atomic mass is 9.89. The molecule has 4 atom stereocenters. The van der Waals surface area contributed by atoms with E-state index in [2.05, 4.69) is 127 Å². The highest BCUT2D eigenvalue weighted by Gasteiger charge is 2.82. The number of ether oxygens (including phenoxy) is 3. The quantitative estimate of drug-likeness (QED) is 0.0771. The second kappa shape index (κ2) is 22.8. The minimum absolute atomic E-state index is 0.0648. The van der Waals surface area contributed by atoms with Crippen LogP contribution in [0.4, 0.5) is 22.0 Å². The molecule has 1 saturated heterocycles. The first kappa shape index (κ1) is 56.0. The monoisotopic (exact) mass is 925 g/mol. The van der Waals surface area contributed by atoms with Crippen LogP contribution in [0.25, 0.3) is 21.5 Å². The van der Waals surface area contributed by atoms with Gasteiger partial charge in [0, 0.05) is 6.54 Å². The maximum atomic E-state index is 14.0. The van der Waals surface area contributed by atoms with E-state index in [4.69, 9.17) is 4.74 Å². The lowest BCUT2D eigenvalue weighted by molar-refractivity contribution is -0.409. The van der Waals surface area contributed by atoms with Crippen LogP contribution >= 0.6 is 0 Å². The van der Waals surface area contributed by atoms with Crippen LogP contribution in [0.2, 0.25) is 0 Å². The Kier molecular flexibility index (Phi) is 20.0. The molecule has 4 aromatic carbocycles. The summed E-state index contributed by atoms with van der Waals surface area (Å²) >= 11 is 0. The molecule has 0 bridgehead atoms. The molecule has 1 aliphatic rings. The van der Waals surface area contributed by atoms with Crippen LogP contribution in [-0.4, -0.2) is 75.0 Å². The van der Waals surface area contributed by atoms with Crippen LogP contribution in [-0.2, 0) is 33.8 Å². The zero-order chi connectivity index (χ0) is 49.0. The normalized spacial score (nSPS) is 19.5. The molecule has 1 fully saturated rings. The predicted octanol–water partition coefficient (Wildman–Crippen LogP) is 11.9. The third-order valence-electron chi connectivity index (χ3n) is 11.8. The predicted molar refractivity (Wildman–Crippen MR) is 244 cm³/mol. The molecule has 0 aliphatic carbocycles. The number of fused-ring (bicyclic) bond motifs is 2. The average Bonchev–Trinajstić information content (AvgIpc) is 3.44. The third kappa shape index (κ3) is 14.4. The van der Waals surface area contributed by atoms with Gasteiger partial charge >= 0.3 is 29.8 Å². The molecule has 2 N–H and O–H groups in total. The highest BCUT2D eigenvalue weighted by atomic mass is 32.2. The molecule has 0 spiro atoms. The fourth-order valence-corrected chi connectivity index (χ4v) is 6.44. The van der Waals surface area contributed by atoms with Gasteiger partial charge in [-0.2, -0.15) is 22.0 Å². The minimum Gasteiger partial charge on any atom is -0.464 e. The summed E-state index contributed by atoms with van der Waals surface area (Å²) in [5.41, 5.74) is -1.65. The van der Waals surface area contributed by atoms with Crippen molar-refractivity contribution in [1.82, 2.24) is 4.72 Å². The number of esters is 2. The number of alkyl halides is 5. The van der Waals surface area contributed by atoms with Gasteiger partial charge in [0.05, 0.1) is 23.7 Å². The summed E-state index contributed by atoms with van der Waals surface area (Å²) in [6.07, 6.45) is -1.35. The maximum Gasteiger partial charge on any atom is 0.449 e. The average molecular weight is 926 g/mol. The van der Waals surface area contributed by atoms with E-state index in [-0.39, 0.29) is 25.5 Å². The summed E-state index contributed by atoms with van der Waals surface area (Å²) in [4.78, 5) is 23.3. The summed E-state index contributed by atoms with van der Waals surface area (Å²) in [7, 11) is -3.20. The fourth-order valence-electron chi connectivity index (χ4n) is 5.98. The van der Waals surface area contributed by atoms with Gasteiger partial charge in [0.1, 0.15) is 6.61 Å². The molecule has 0 saturated carbocycles. The second-order valence-corrected chi connectivity index (χ2v) is 19.5. The smallest absolute Gasteiger partial charge is 0.449 e. The third-order valence-corrected chi connectivity index (χ3v) is 12.6. The maximum absolute atomic E-state index is 14.0. The topological polar surface area (TPSA) is 128 Å². The molecule has 1 aliphatic heterocycles. The number of rotatable bonds is 13. The molecule has 0 amide bonds. The number of hydrogen-bond donors (Lipinski definition) is 2. The number of halogens is 5. The van der Waals surface area contributed by atoms with E-state index in [0.29, 0.717) is 25.2 Å². The molecule has 0 radical (unpaired) electrons. The van der Waals surface area contributed by atoms with Gasteiger partial charge in [-0.05, 0) is 105 Å². The van der Waals surface area contributed by atoms with Crippen molar-refractivity contribution in [3.8, 4) is 0 Å². The standard InChI is InChI=1S/2C14H16.C12H17F5O4.C9H19NO4S/c1-3-11(2)13-10-6-8-12-7-4-5-9-14(12)13;1-3-11(2)13-9-8-12-6-4-5-7-14(12)10-13;1-5-8(2,3)7(18)21-9(4)6-20-11(19,10(9,13)14)12(15,16)17;1-5-9(2,3)8(11)14-7-6-10-15(4,12)13/h2*4-11H,3H2,1-2H3;19H,5-6H2,1-4H3;10H,5-7H2,1-4H3. The Morgan fingerprint density at radius 3 is 1.81 bits per heavy atom. The first-order valence-electron chi connectivity index (χ1n) is 21.6. The minimum atomic E-state index is -5.74. The summed E-state index contributed by atoms with van der Waals surface area (Å²) in [5, 5.41) is 14.6. The molecule has 15 heteroatoms. The lowest BCUT2D eigenvalue weighted by Crippen LogP contribution is -2.63. The van der Waals surface area contributed by atoms with Crippen molar-refractivity contribution in [2.24, 2.45) is 10.8 Å². The number of benzene rings is 4. The Morgan fingerprint density at radius 2 is 1.30 bits per heavy atom. The van der Waals surface area contributed by atoms with Gasteiger partial charge in [-0.3, -0.25) is 9.59 Å². The summed E-state index contributed by atoms with van der Waals surface area (Å²) in [6, 6.07) is 30.5. The molecule has 0 aromatic heterocycles. The second-order valence-electron chi connectivity index (χ2n) is 17.7. The van der Waals surface area contributed by atoms with Crippen molar-refractivity contribution in [3.63, 3.8) is 0 Å². The van der Waals surface area contributed by atoms with E-state index in [9.17, 15) is 45.1 Å². The Labute approximate surface area is 376 Å². The van der Waals surface area contributed by atoms with E-state index in [0.717, 1.165) is 6.26 Å². The number of hydrogen-bond acceptors (Lipinski definition) is 8. The molecule has 9 nitrogen and oxygen atoms in total. The highest BCUT2D eigenvalue weighted by molar-refractivity contribution is 7.88. The van der Waals surface area contributed by atoms with E-state index < -0.39 is 56.9 Å². The van der Waals surface area contributed by atoms with Gasteiger partial charge in [0.2, 0.25) is 15.6 Å². The van der Waals surface area contributed by atoms with Crippen LogP contribution in [0.3, 0.4) is 0 Å². The summed E-state index contributed by atoms with van der Waals surface area (Å²) in [6.45, 7) is 18.4. The van der Waals surface area contributed by atoms with Crippen molar-refractivity contribution >= 4 is 43.5 Å². The van der Waals surface area contributed by atoms with Crippen LogP contribution in [0.1, 0.15) is 125 Å². The number of nitrogens with one attached hydrogen (secondary N) is 1. The van der Waals surface area contributed by atoms with Gasteiger partial charge in [-0.25, -0.2) is 13.1 Å². The Morgan fingerprint density at radius 1 is 0.781 bits per heavy atom. The van der Waals surface area contributed by atoms with Crippen LogP contribution < -0.4 is 4.72 Å². The molecule has 4 aromatic rings. The number of sulfonamides is 1. The van der Waals surface area contributed by atoms with Gasteiger partial charge in [0.15, 0.2) is 0 Å². The van der Waals surface area contributed by atoms with Crippen LogP contribution in [0.5, 0.6) is 0 Å². The first-order valence-corrected chi connectivity index (χ1v) is 23.5. The van der Waals surface area contributed by atoms with Crippen LogP contribution in [0.15, 0.2) is 84.9 Å². The Balaban J connectivity index is 0.000000298. The molecule has 4 unspecified atom stereocenters. The zero-order valence-corrected chi connectivity index (χ0v) is 40.1. The number of carbonyl (C=O) groups excluding carboxylic acids is 2. The zero-order valence-electron chi connectivity index (χ0n) is 39.3. The van der Waals surface area contributed by atoms with Crippen molar-refractivity contribution in [2.75, 3.05) is 26.0 Å². The molecule has 5 rings (SSSR count). The lowest BCUT2D eigenvalue weighted by Gasteiger charge is -2.37.